The average Bonchev–Trinajstić information content (AvgIpc) is 3.50. The van der Waals surface area contributed by atoms with E-state index in [0.717, 1.165) is 11.1 Å². The molecule has 0 fully saturated rings. The van der Waals surface area contributed by atoms with Crippen molar-refractivity contribution in [1.82, 2.24) is 30.6 Å². The number of rotatable bonds is 8. The van der Waals surface area contributed by atoms with E-state index in [-0.39, 0.29) is 12.8 Å². The largest absolute Gasteiger partial charge is 0.459 e. The molecule has 0 bridgehead atoms. The van der Waals surface area contributed by atoms with Crippen LogP contribution in [0, 0.1) is 0 Å². The van der Waals surface area contributed by atoms with Gasteiger partial charge in [-0.1, -0.05) is 55.5 Å². The molecule has 0 saturated heterocycles. The SMILES string of the molecule is CCCC(=O)c1nc(C(F)(F)C(F)(F)F)c(Cc2ccc(-c3ccccc3-c3nn[nH]n3)cc2)[nH]1. The number of nitrogens with one attached hydrogen (secondary N) is 2. The van der Waals surface area contributed by atoms with Gasteiger partial charge in [0.15, 0.2) is 11.6 Å². The van der Waals surface area contributed by atoms with Crippen LogP contribution < -0.4 is 0 Å². The van der Waals surface area contributed by atoms with Crippen molar-refractivity contribution in [3.8, 4) is 22.5 Å². The van der Waals surface area contributed by atoms with Crippen LogP contribution in [0.4, 0.5) is 22.0 Å². The number of nitrogens with zero attached hydrogens (tertiary/aromatic N) is 4. The van der Waals surface area contributed by atoms with Gasteiger partial charge < -0.3 is 4.98 Å². The normalized spacial score (nSPS) is 12.2. The predicted octanol–water partition coefficient (Wildman–Crippen LogP) is 5.48. The van der Waals surface area contributed by atoms with Crippen molar-refractivity contribution < 1.29 is 26.7 Å². The summed E-state index contributed by atoms with van der Waals surface area (Å²) in [7, 11) is 0. The van der Waals surface area contributed by atoms with E-state index in [4.69, 9.17) is 0 Å². The zero-order valence-electron chi connectivity index (χ0n) is 18.3. The molecule has 0 aliphatic rings. The second-order valence-electron chi connectivity index (χ2n) is 7.81. The molecule has 0 aliphatic carbocycles. The molecule has 0 amide bonds. The fourth-order valence-corrected chi connectivity index (χ4v) is 3.62. The standard InChI is InChI=1S/C23H19F5N6O/c1-2-5-18(35)21-29-17(19(30-21)22(24,25)23(26,27)28)12-13-8-10-14(11-9-13)15-6-3-4-7-16(15)20-31-33-34-32-20/h3-4,6-11H,2,5,12H2,1H3,(H,29,30)(H,31,32,33,34). The summed E-state index contributed by atoms with van der Waals surface area (Å²) in [6.07, 6.45) is -5.80. The Hall–Kier alpha value is -3.96. The number of imidazole rings is 1. The molecule has 0 aliphatic heterocycles. The maximum absolute atomic E-state index is 14.2. The Morgan fingerprint density at radius 2 is 1.66 bits per heavy atom. The molecule has 0 radical (unpaired) electrons. The van der Waals surface area contributed by atoms with Gasteiger partial charge in [0.2, 0.25) is 5.82 Å². The smallest absolute Gasteiger partial charge is 0.339 e. The second-order valence-corrected chi connectivity index (χ2v) is 7.81. The van der Waals surface area contributed by atoms with E-state index in [2.05, 4.69) is 30.6 Å². The van der Waals surface area contributed by atoms with Crippen LogP contribution in [0.1, 0.15) is 47.3 Å². The molecule has 4 rings (SSSR count). The van der Waals surface area contributed by atoms with Crippen LogP contribution in [-0.4, -0.2) is 42.6 Å². The van der Waals surface area contributed by atoms with Crippen LogP contribution in [-0.2, 0) is 12.3 Å². The Morgan fingerprint density at radius 3 is 2.26 bits per heavy atom. The first-order chi connectivity index (χ1) is 16.6. The molecule has 4 aromatic rings. The number of Topliss-reactive ketones (excluding diaryl/α,β-unsaturated/α-hetero) is 1. The van der Waals surface area contributed by atoms with Crippen molar-refractivity contribution >= 4 is 5.78 Å². The predicted molar refractivity (Wildman–Crippen MR) is 116 cm³/mol. The van der Waals surface area contributed by atoms with Gasteiger partial charge in [0.25, 0.3) is 0 Å². The Labute approximate surface area is 195 Å². The summed E-state index contributed by atoms with van der Waals surface area (Å²) in [5.41, 5.74) is 0.719. The first-order valence-corrected chi connectivity index (χ1v) is 10.6. The van der Waals surface area contributed by atoms with Gasteiger partial charge >= 0.3 is 12.1 Å². The summed E-state index contributed by atoms with van der Waals surface area (Å²) < 4.78 is 67.7. The molecule has 182 valence electrons. The highest BCUT2D eigenvalue weighted by Crippen LogP contribution is 2.44. The third kappa shape index (κ3) is 4.81. The van der Waals surface area contributed by atoms with Crippen molar-refractivity contribution in [1.29, 1.82) is 0 Å². The van der Waals surface area contributed by atoms with Gasteiger partial charge in [-0.05, 0) is 28.3 Å². The molecular formula is C23H19F5N6O. The van der Waals surface area contributed by atoms with E-state index in [1.165, 1.54) is 0 Å². The Kier molecular flexibility index (Phi) is 6.46. The zero-order valence-corrected chi connectivity index (χ0v) is 18.3. The van der Waals surface area contributed by atoms with Crippen molar-refractivity contribution in [3.05, 3.63) is 71.3 Å². The number of tetrazole rings is 1. The number of hydrogen-bond donors (Lipinski definition) is 2. The molecule has 7 nitrogen and oxygen atoms in total. The minimum absolute atomic E-state index is 0.0293. The van der Waals surface area contributed by atoms with E-state index in [9.17, 15) is 26.7 Å². The lowest BCUT2D eigenvalue weighted by atomic mass is 9.97. The van der Waals surface area contributed by atoms with Crippen LogP contribution in [0.15, 0.2) is 48.5 Å². The number of ketones is 1. The van der Waals surface area contributed by atoms with Crippen molar-refractivity contribution in [2.24, 2.45) is 0 Å². The number of carbonyl (C=O) groups is 1. The molecule has 2 aromatic carbocycles. The first-order valence-electron chi connectivity index (χ1n) is 10.6. The third-order valence-electron chi connectivity index (χ3n) is 5.33. The van der Waals surface area contributed by atoms with Gasteiger partial charge in [0, 0.05) is 24.1 Å². The average molecular weight is 490 g/mol. The van der Waals surface area contributed by atoms with E-state index >= 15 is 0 Å². The van der Waals surface area contributed by atoms with E-state index < -0.39 is 35.1 Å². The molecule has 35 heavy (non-hydrogen) atoms. The number of aromatic amines is 2. The molecule has 2 N–H and O–H groups in total. The highest BCUT2D eigenvalue weighted by molar-refractivity contribution is 5.92. The lowest BCUT2D eigenvalue weighted by Gasteiger charge is -2.19. The van der Waals surface area contributed by atoms with E-state index in [1.54, 1.807) is 37.3 Å². The number of benzene rings is 2. The topological polar surface area (TPSA) is 100 Å². The van der Waals surface area contributed by atoms with Crippen molar-refractivity contribution in [3.63, 3.8) is 0 Å². The molecule has 2 aromatic heterocycles. The van der Waals surface area contributed by atoms with Crippen LogP contribution in [0.2, 0.25) is 0 Å². The van der Waals surface area contributed by atoms with Crippen LogP contribution in [0.25, 0.3) is 22.5 Å². The lowest BCUT2D eigenvalue weighted by molar-refractivity contribution is -0.291. The maximum Gasteiger partial charge on any atom is 0.459 e. The number of aromatic nitrogens is 6. The molecule has 0 atom stereocenters. The minimum atomic E-state index is -5.86. The summed E-state index contributed by atoms with van der Waals surface area (Å²) in [6, 6.07) is 13.9. The summed E-state index contributed by atoms with van der Waals surface area (Å²) in [6.45, 7) is 1.69. The van der Waals surface area contributed by atoms with Crippen LogP contribution in [0.5, 0.6) is 0 Å². The number of H-pyrrole nitrogens is 2. The highest BCUT2D eigenvalue weighted by Gasteiger charge is 2.61. The van der Waals surface area contributed by atoms with Gasteiger partial charge in [-0.25, -0.2) is 4.98 Å². The Bertz CT molecular complexity index is 1310. The van der Waals surface area contributed by atoms with Gasteiger partial charge in [0.05, 0.1) is 0 Å². The van der Waals surface area contributed by atoms with E-state index in [0.29, 0.717) is 23.4 Å². The first kappa shape index (κ1) is 24.2. The highest BCUT2D eigenvalue weighted by atomic mass is 19.4. The second kappa shape index (κ2) is 9.35. The van der Waals surface area contributed by atoms with Gasteiger partial charge in [0.1, 0.15) is 5.69 Å². The molecule has 0 spiro atoms. The monoisotopic (exact) mass is 490 g/mol. The quantitative estimate of drug-likeness (QED) is 0.252. The number of alkyl halides is 5. The van der Waals surface area contributed by atoms with Gasteiger partial charge in [-0.2, -0.15) is 27.2 Å². The summed E-state index contributed by atoms with van der Waals surface area (Å²) in [5, 5.41) is 13.9. The van der Waals surface area contributed by atoms with Crippen molar-refractivity contribution in [2.75, 3.05) is 0 Å². The minimum Gasteiger partial charge on any atom is -0.339 e. The van der Waals surface area contributed by atoms with Crippen LogP contribution in [0.3, 0.4) is 0 Å². The Morgan fingerprint density at radius 1 is 0.971 bits per heavy atom. The van der Waals surface area contributed by atoms with Gasteiger partial charge in [-0.15, -0.1) is 10.2 Å². The third-order valence-corrected chi connectivity index (χ3v) is 5.33. The molecule has 0 unspecified atom stereocenters. The zero-order chi connectivity index (χ0) is 25.2. The maximum atomic E-state index is 14.2. The fourth-order valence-electron chi connectivity index (χ4n) is 3.62. The lowest BCUT2D eigenvalue weighted by Crippen LogP contribution is -2.35. The Balaban J connectivity index is 1.67. The summed E-state index contributed by atoms with van der Waals surface area (Å²) in [5.74, 6) is -5.98. The fraction of sp³-hybridized carbons (Fsp3) is 0.261. The van der Waals surface area contributed by atoms with Crippen molar-refractivity contribution in [2.45, 2.75) is 38.3 Å². The van der Waals surface area contributed by atoms with Crippen LogP contribution >= 0.6 is 0 Å². The summed E-state index contributed by atoms with van der Waals surface area (Å²) >= 11 is 0. The van der Waals surface area contributed by atoms with Gasteiger partial charge in [-0.3, -0.25) is 4.79 Å². The molecular weight excluding hydrogens is 471 g/mol. The summed E-state index contributed by atoms with van der Waals surface area (Å²) in [4.78, 5) is 17.9. The molecule has 2 heterocycles. The number of halogens is 5. The van der Waals surface area contributed by atoms with E-state index in [1.807, 2.05) is 18.2 Å². The molecule has 0 saturated carbocycles. The molecule has 12 heteroatoms. The number of carbonyl (C=O) groups excluding carboxylic acids is 1. The number of hydrogen-bond acceptors (Lipinski definition) is 5.